The fourth-order valence-electron chi connectivity index (χ4n) is 3.22. The Balaban J connectivity index is 2.13. The van der Waals surface area contributed by atoms with Crippen LogP contribution in [0.4, 0.5) is 0 Å². The Morgan fingerprint density at radius 3 is 2.26 bits per heavy atom. The van der Waals surface area contributed by atoms with E-state index in [1.54, 1.807) is 34.9 Å². The van der Waals surface area contributed by atoms with Crippen LogP contribution < -0.4 is 5.32 Å². The Kier molecular flexibility index (Phi) is 10.7. The van der Waals surface area contributed by atoms with E-state index in [0.717, 1.165) is 5.75 Å². The average Bonchev–Trinajstić information content (AvgIpc) is 2.73. The molecule has 2 aromatic carbocycles. The lowest BCUT2D eigenvalue weighted by Crippen LogP contribution is -2.50. The number of benzene rings is 2. The van der Waals surface area contributed by atoms with Crippen molar-refractivity contribution in [1.29, 1.82) is 0 Å². The minimum atomic E-state index is -0.582. The van der Waals surface area contributed by atoms with E-state index in [0.29, 0.717) is 34.2 Å². The van der Waals surface area contributed by atoms with Crippen molar-refractivity contribution in [2.24, 2.45) is 0 Å². The first-order valence-electron chi connectivity index (χ1n) is 10.5. The van der Waals surface area contributed by atoms with Crippen LogP contribution in [-0.2, 0) is 21.9 Å². The van der Waals surface area contributed by atoms with E-state index >= 15 is 0 Å². The number of halogens is 2. The van der Waals surface area contributed by atoms with Crippen LogP contribution in [0.25, 0.3) is 0 Å². The zero-order valence-electron chi connectivity index (χ0n) is 18.2. The van der Waals surface area contributed by atoms with E-state index in [4.69, 9.17) is 23.2 Å². The number of amides is 2. The van der Waals surface area contributed by atoms with Gasteiger partial charge in [0.2, 0.25) is 11.8 Å². The van der Waals surface area contributed by atoms with Gasteiger partial charge in [-0.25, -0.2) is 0 Å². The highest BCUT2D eigenvalue weighted by Gasteiger charge is 2.29. The molecule has 0 spiro atoms. The number of thioether (sulfide) groups is 1. The lowest BCUT2D eigenvalue weighted by Gasteiger charge is -2.31. The maximum absolute atomic E-state index is 13.2. The zero-order chi connectivity index (χ0) is 22.8. The number of carbonyl (C=O) groups is 2. The van der Waals surface area contributed by atoms with E-state index < -0.39 is 6.04 Å². The predicted octanol–water partition coefficient (Wildman–Crippen LogP) is 5.95. The molecule has 1 atom stereocenters. The van der Waals surface area contributed by atoms with E-state index in [1.165, 1.54) is 5.56 Å². The molecule has 0 aromatic heterocycles. The minimum absolute atomic E-state index is 0.0103. The van der Waals surface area contributed by atoms with Gasteiger partial charge in [0, 0.05) is 46.1 Å². The fraction of sp³-hybridized carbons (Fsp3) is 0.417. The predicted molar refractivity (Wildman–Crippen MR) is 132 cm³/mol. The van der Waals surface area contributed by atoms with Gasteiger partial charge in [-0.2, -0.15) is 11.8 Å². The van der Waals surface area contributed by atoms with Gasteiger partial charge in [-0.05, 0) is 38.0 Å². The molecule has 0 saturated carbocycles. The molecule has 2 aromatic rings. The molecular weight excluding hydrogens is 451 g/mol. The Morgan fingerprint density at radius 2 is 1.68 bits per heavy atom. The quantitative estimate of drug-likeness (QED) is 0.404. The molecule has 0 saturated heterocycles. The molecule has 0 aliphatic carbocycles. The average molecular weight is 481 g/mol. The summed E-state index contributed by atoms with van der Waals surface area (Å²) in [5, 5.41) is 3.91. The van der Waals surface area contributed by atoms with Crippen LogP contribution in [0.5, 0.6) is 0 Å². The number of nitrogens with one attached hydrogen (secondary N) is 1. The van der Waals surface area contributed by atoms with Crippen LogP contribution in [0.2, 0.25) is 10.0 Å². The molecule has 2 amide bonds. The SMILES string of the molecule is CC[C@H](C(=O)NC(C)C)N(Cc1c(Cl)cccc1Cl)C(=O)CCSCc1ccccc1. The molecule has 31 heavy (non-hydrogen) atoms. The number of rotatable bonds is 11. The smallest absolute Gasteiger partial charge is 0.243 e. The second kappa shape index (κ2) is 13.0. The first kappa shape index (κ1) is 25.6. The highest BCUT2D eigenvalue weighted by atomic mass is 35.5. The third kappa shape index (κ3) is 8.06. The Morgan fingerprint density at radius 1 is 1.03 bits per heavy atom. The maximum Gasteiger partial charge on any atom is 0.243 e. The topological polar surface area (TPSA) is 49.4 Å². The number of hydrogen-bond donors (Lipinski definition) is 1. The first-order valence-corrected chi connectivity index (χ1v) is 12.4. The summed E-state index contributed by atoms with van der Waals surface area (Å²) in [6, 6.07) is 14.8. The summed E-state index contributed by atoms with van der Waals surface area (Å²) >= 11 is 14.4. The standard InChI is InChI=1S/C24H30Cl2N2O2S/c1-4-22(24(30)27-17(2)3)28(15-19-20(25)11-8-12-21(19)26)23(29)13-14-31-16-18-9-6-5-7-10-18/h5-12,17,22H,4,13-16H2,1-3H3,(H,27,30)/t22-/m1/s1. The van der Waals surface area contributed by atoms with Crippen molar-refractivity contribution in [2.75, 3.05) is 5.75 Å². The van der Waals surface area contributed by atoms with Crippen LogP contribution in [0.1, 0.15) is 44.7 Å². The molecule has 4 nitrogen and oxygen atoms in total. The van der Waals surface area contributed by atoms with Crippen molar-refractivity contribution in [3.8, 4) is 0 Å². The van der Waals surface area contributed by atoms with Crippen molar-refractivity contribution in [3.05, 3.63) is 69.7 Å². The molecule has 0 unspecified atom stereocenters. The van der Waals surface area contributed by atoms with E-state index in [2.05, 4.69) is 17.4 Å². The van der Waals surface area contributed by atoms with E-state index in [1.807, 2.05) is 39.0 Å². The lowest BCUT2D eigenvalue weighted by atomic mass is 10.1. The van der Waals surface area contributed by atoms with E-state index in [9.17, 15) is 9.59 Å². The zero-order valence-corrected chi connectivity index (χ0v) is 20.6. The minimum Gasteiger partial charge on any atom is -0.352 e. The molecule has 0 aliphatic rings. The van der Waals surface area contributed by atoms with Gasteiger partial charge in [-0.3, -0.25) is 9.59 Å². The van der Waals surface area contributed by atoms with Crippen molar-refractivity contribution in [2.45, 2.75) is 58.0 Å². The van der Waals surface area contributed by atoms with Gasteiger partial charge in [-0.1, -0.05) is 66.5 Å². The van der Waals surface area contributed by atoms with Gasteiger partial charge in [0.1, 0.15) is 6.04 Å². The highest BCUT2D eigenvalue weighted by Crippen LogP contribution is 2.27. The van der Waals surface area contributed by atoms with Gasteiger partial charge in [0.05, 0.1) is 0 Å². The second-order valence-corrected chi connectivity index (χ2v) is 9.52. The van der Waals surface area contributed by atoms with Crippen molar-refractivity contribution >= 4 is 46.8 Å². The number of hydrogen-bond acceptors (Lipinski definition) is 3. The summed E-state index contributed by atoms with van der Waals surface area (Å²) in [6.45, 7) is 5.91. The first-order chi connectivity index (χ1) is 14.8. The molecule has 0 aliphatic heterocycles. The molecule has 168 valence electrons. The largest absolute Gasteiger partial charge is 0.352 e. The molecule has 0 radical (unpaired) electrons. The second-order valence-electron chi connectivity index (χ2n) is 7.60. The maximum atomic E-state index is 13.2. The molecule has 1 N–H and O–H groups in total. The van der Waals surface area contributed by atoms with E-state index in [-0.39, 0.29) is 24.4 Å². The molecule has 7 heteroatoms. The van der Waals surface area contributed by atoms with Crippen LogP contribution >= 0.6 is 35.0 Å². The molecular formula is C24H30Cl2N2O2S. The molecule has 0 heterocycles. The third-order valence-electron chi connectivity index (χ3n) is 4.78. The van der Waals surface area contributed by atoms with Gasteiger partial charge in [0.15, 0.2) is 0 Å². The lowest BCUT2D eigenvalue weighted by molar-refractivity contribution is -0.141. The monoisotopic (exact) mass is 480 g/mol. The van der Waals surface area contributed by atoms with Gasteiger partial charge >= 0.3 is 0 Å². The van der Waals surface area contributed by atoms with Gasteiger partial charge in [0.25, 0.3) is 0 Å². The Hall–Kier alpha value is -1.69. The van der Waals surface area contributed by atoms with Gasteiger partial charge < -0.3 is 10.2 Å². The van der Waals surface area contributed by atoms with Crippen LogP contribution in [0.15, 0.2) is 48.5 Å². The molecule has 0 fully saturated rings. The number of carbonyl (C=O) groups excluding carboxylic acids is 2. The number of nitrogens with zero attached hydrogens (tertiary/aromatic N) is 1. The summed E-state index contributed by atoms with van der Waals surface area (Å²) in [5.41, 5.74) is 1.88. The van der Waals surface area contributed by atoms with Crippen LogP contribution in [-0.4, -0.2) is 34.6 Å². The summed E-state index contributed by atoms with van der Waals surface area (Å²) in [5.74, 6) is 1.27. The van der Waals surface area contributed by atoms with Crippen LogP contribution in [0.3, 0.4) is 0 Å². The van der Waals surface area contributed by atoms with Crippen molar-refractivity contribution < 1.29 is 9.59 Å². The highest BCUT2D eigenvalue weighted by molar-refractivity contribution is 7.98. The summed E-state index contributed by atoms with van der Waals surface area (Å²) in [4.78, 5) is 27.7. The Bertz CT molecular complexity index is 842. The van der Waals surface area contributed by atoms with Crippen molar-refractivity contribution in [3.63, 3.8) is 0 Å². The fourth-order valence-corrected chi connectivity index (χ4v) is 4.63. The Labute approximate surface area is 199 Å². The molecule has 2 rings (SSSR count). The van der Waals surface area contributed by atoms with Gasteiger partial charge in [-0.15, -0.1) is 0 Å². The normalized spacial score (nSPS) is 11.9. The summed E-state index contributed by atoms with van der Waals surface area (Å²) in [6.07, 6.45) is 0.842. The summed E-state index contributed by atoms with van der Waals surface area (Å²) in [7, 11) is 0. The molecule has 0 bridgehead atoms. The van der Waals surface area contributed by atoms with Crippen LogP contribution in [0, 0.1) is 0 Å². The third-order valence-corrected chi connectivity index (χ3v) is 6.52. The summed E-state index contributed by atoms with van der Waals surface area (Å²) < 4.78 is 0. The van der Waals surface area contributed by atoms with Crippen molar-refractivity contribution in [1.82, 2.24) is 10.2 Å².